The van der Waals surface area contributed by atoms with Gasteiger partial charge in [-0.2, -0.15) is 18.2 Å². The summed E-state index contributed by atoms with van der Waals surface area (Å²) in [4.78, 5) is 37.3. The van der Waals surface area contributed by atoms with E-state index in [9.17, 15) is 22.8 Å². The maximum atomic E-state index is 13.0. The Hall–Kier alpha value is -4.74. The first-order valence-corrected chi connectivity index (χ1v) is 11.1. The normalized spacial score (nSPS) is 12.5. The van der Waals surface area contributed by atoms with Crippen molar-refractivity contribution in [3.05, 3.63) is 100.0 Å². The van der Waals surface area contributed by atoms with Crippen molar-refractivity contribution in [3.8, 4) is 11.5 Å². The fourth-order valence-electron chi connectivity index (χ4n) is 3.92. The molecule has 2 N–H and O–H groups in total. The summed E-state index contributed by atoms with van der Waals surface area (Å²) in [6, 6.07) is 10.5. The summed E-state index contributed by atoms with van der Waals surface area (Å²) in [5, 5.41) is 7.28. The highest BCUT2D eigenvalue weighted by Gasteiger charge is 2.30. The van der Waals surface area contributed by atoms with Gasteiger partial charge in [-0.1, -0.05) is 17.3 Å². The van der Waals surface area contributed by atoms with Gasteiger partial charge in [0.15, 0.2) is 5.82 Å². The van der Waals surface area contributed by atoms with Crippen LogP contribution < -0.4 is 10.9 Å². The fourth-order valence-corrected chi connectivity index (χ4v) is 3.92. The Morgan fingerprint density at radius 2 is 1.95 bits per heavy atom. The van der Waals surface area contributed by atoms with E-state index >= 15 is 0 Å². The van der Waals surface area contributed by atoms with Crippen molar-refractivity contribution in [2.45, 2.75) is 25.7 Å². The molecule has 4 heterocycles. The summed E-state index contributed by atoms with van der Waals surface area (Å²) in [7, 11) is 0. The number of benzene rings is 1. The van der Waals surface area contributed by atoms with Crippen LogP contribution >= 0.6 is 0 Å². The number of nitrogens with zero attached hydrogens (tertiary/aromatic N) is 4. The average molecular weight is 508 g/mol. The zero-order valence-corrected chi connectivity index (χ0v) is 19.3. The predicted octanol–water partition coefficient (Wildman–Crippen LogP) is 4.33. The molecule has 1 amide bonds. The first-order chi connectivity index (χ1) is 17.7. The highest BCUT2D eigenvalue weighted by Crippen LogP contribution is 2.30. The third-order valence-corrected chi connectivity index (χ3v) is 5.91. The van der Waals surface area contributed by atoms with Crippen LogP contribution in [0.15, 0.2) is 76.4 Å². The molecular weight excluding hydrogens is 489 g/mol. The van der Waals surface area contributed by atoms with E-state index in [0.29, 0.717) is 16.8 Å². The van der Waals surface area contributed by atoms with Gasteiger partial charge in [-0.25, -0.2) is 4.98 Å². The van der Waals surface area contributed by atoms with E-state index in [1.165, 1.54) is 35.0 Å². The first-order valence-electron chi connectivity index (χ1n) is 11.1. The van der Waals surface area contributed by atoms with Crippen LogP contribution in [-0.4, -0.2) is 30.6 Å². The highest BCUT2D eigenvalue weighted by atomic mass is 19.4. The summed E-state index contributed by atoms with van der Waals surface area (Å²) in [6.45, 7) is 1.57. The van der Waals surface area contributed by atoms with Crippen molar-refractivity contribution >= 4 is 16.9 Å². The van der Waals surface area contributed by atoms with E-state index < -0.39 is 29.2 Å². The molecule has 37 heavy (non-hydrogen) atoms. The molecule has 0 radical (unpaired) electrons. The molecule has 0 bridgehead atoms. The molecule has 0 aliphatic rings. The lowest BCUT2D eigenvalue weighted by atomic mass is 10.1. The maximum absolute atomic E-state index is 13.0. The second-order valence-corrected chi connectivity index (χ2v) is 8.23. The number of rotatable bonds is 6. The summed E-state index contributed by atoms with van der Waals surface area (Å²) in [5.74, 6) is -0.200. The Morgan fingerprint density at radius 1 is 1.16 bits per heavy atom. The maximum Gasteiger partial charge on any atom is 0.416 e. The molecule has 1 unspecified atom stereocenters. The molecule has 0 aliphatic heterocycles. The third kappa shape index (κ3) is 4.73. The number of fused-ring (bicyclic) bond motifs is 1. The SMILES string of the molecule is CC(c1ccc(C(F)(F)F)cc1)n1cccc(C(=O)NCc2noc(-c3c[nH]c4ncccc34)n2)c1=O. The number of carbonyl (C=O) groups excluding carboxylic acids is 1. The van der Waals surface area contributed by atoms with E-state index in [1.54, 1.807) is 25.4 Å². The van der Waals surface area contributed by atoms with Gasteiger partial charge in [-0.05, 0) is 48.9 Å². The number of nitrogens with one attached hydrogen (secondary N) is 2. The van der Waals surface area contributed by atoms with Gasteiger partial charge in [0.1, 0.15) is 11.2 Å². The summed E-state index contributed by atoms with van der Waals surface area (Å²) in [5.41, 5.74) is 0.308. The molecule has 0 saturated heterocycles. The number of hydrogen-bond acceptors (Lipinski definition) is 6. The predicted molar refractivity (Wildman–Crippen MR) is 127 cm³/mol. The minimum Gasteiger partial charge on any atom is -0.345 e. The van der Waals surface area contributed by atoms with E-state index in [-0.39, 0.29) is 23.8 Å². The van der Waals surface area contributed by atoms with Crippen molar-refractivity contribution in [1.82, 2.24) is 30.0 Å². The topological polar surface area (TPSA) is 119 Å². The lowest BCUT2D eigenvalue weighted by Crippen LogP contribution is -2.34. The standard InChI is InChI=1S/C25H19F3N6O3/c1-14(15-6-8-16(9-7-15)25(26,27)28)34-11-3-5-18(24(34)36)22(35)31-13-20-32-23(37-33-20)19-12-30-21-17(19)4-2-10-29-21/h2-12,14H,13H2,1H3,(H,29,30)(H,31,35). The van der Waals surface area contributed by atoms with Crippen molar-refractivity contribution in [3.63, 3.8) is 0 Å². The number of pyridine rings is 2. The minimum absolute atomic E-state index is 0.0915. The number of hydrogen-bond donors (Lipinski definition) is 2. The first kappa shape index (κ1) is 24.0. The van der Waals surface area contributed by atoms with E-state index in [0.717, 1.165) is 17.5 Å². The summed E-state index contributed by atoms with van der Waals surface area (Å²) in [6.07, 6.45) is 0.364. The van der Waals surface area contributed by atoms with Crippen LogP contribution in [0, 0.1) is 0 Å². The van der Waals surface area contributed by atoms with Gasteiger partial charge >= 0.3 is 6.18 Å². The number of carbonyl (C=O) groups is 1. The number of alkyl halides is 3. The van der Waals surface area contributed by atoms with Crippen LogP contribution in [0.1, 0.15) is 40.3 Å². The van der Waals surface area contributed by atoms with Crippen LogP contribution in [-0.2, 0) is 12.7 Å². The van der Waals surface area contributed by atoms with Crippen LogP contribution in [0.25, 0.3) is 22.5 Å². The van der Waals surface area contributed by atoms with Crippen LogP contribution in [0.4, 0.5) is 13.2 Å². The Morgan fingerprint density at radius 3 is 2.70 bits per heavy atom. The molecule has 1 aromatic carbocycles. The quantitative estimate of drug-likeness (QED) is 0.352. The lowest BCUT2D eigenvalue weighted by Gasteiger charge is -2.17. The van der Waals surface area contributed by atoms with Crippen LogP contribution in [0.3, 0.4) is 0 Å². The Labute approximate surface area is 207 Å². The average Bonchev–Trinajstić information content (AvgIpc) is 3.53. The molecule has 12 heteroatoms. The van der Waals surface area contributed by atoms with Crippen molar-refractivity contribution in [1.29, 1.82) is 0 Å². The fraction of sp³-hybridized carbons (Fsp3) is 0.160. The Balaban J connectivity index is 1.30. The Kier molecular flexibility index (Phi) is 6.07. The van der Waals surface area contributed by atoms with Gasteiger partial charge in [0.25, 0.3) is 17.4 Å². The summed E-state index contributed by atoms with van der Waals surface area (Å²) < 4.78 is 45.2. The van der Waals surface area contributed by atoms with Gasteiger partial charge in [0.2, 0.25) is 0 Å². The number of H-pyrrole nitrogens is 1. The highest BCUT2D eigenvalue weighted by molar-refractivity contribution is 5.93. The summed E-state index contributed by atoms with van der Waals surface area (Å²) >= 11 is 0. The van der Waals surface area contributed by atoms with Crippen LogP contribution in [0.2, 0.25) is 0 Å². The zero-order chi connectivity index (χ0) is 26.2. The van der Waals surface area contributed by atoms with Gasteiger partial charge < -0.3 is 19.4 Å². The van der Waals surface area contributed by atoms with Gasteiger partial charge in [-0.3, -0.25) is 9.59 Å². The van der Waals surface area contributed by atoms with Crippen molar-refractivity contribution in [2.75, 3.05) is 0 Å². The molecule has 0 spiro atoms. The molecule has 4 aromatic heterocycles. The molecule has 188 valence electrons. The molecule has 0 fully saturated rings. The molecule has 0 saturated carbocycles. The van der Waals surface area contributed by atoms with Gasteiger partial charge in [-0.15, -0.1) is 0 Å². The molecule has 5 rings (SSSR count). The van der Waals surface area contributed by atoms with Gasteiger partial charge in [0, 0.05) is 24.0 Å². The van der Waals surface area contributed by atoms with E-state index in [4.69, 9.17) is 4.52 Å². The monoisotopic (exact) mass is 508 g/mol. The second-order valence-electron chi connectivity index (χ2n) is 8.23. The van der Waals surface area contributed by atoms with Crippen molar-refractivity contribution in [2.24, 2.45) is 0 Å². The van der Waals surface area contributed by atoms with Gasteiger partial charge in [0.05, 0.1) is 23.7 Å². The molecule has 9 nitrogen and oxygen atoms in total. The minimum atomic E-state index is -4.46. The van der Waals surface area contributed by atoms with E-state index in [1.807, 2.05) is 6.07 Å². The number of aromatic nitrogens is 5. The Bertz CT molecular complexity index is 1640. The number of amides is 1. The largest absolute Gasteiger partial charge is 0.416 e. The molecular formula is C25H19F3N6O3. The van der Waals surface area contributed by atoms with Crippen molar-refractivity contribution < 1.29 is 22.5 Å². The third-order valence-electron chi connectivity index (χ3n) is 5.91. The molecule has 0 aliphatic carbocycles. The lowest BCUT2D eigenvalue weighted by molar-refractivity contribution is -0.137. The smallest absolute Gasteiger partial charge is 0.345 e. The zero-order valence-electron chi connectivity index (χ0n) is 19.3. The number of halogens is 3. The number of aromatic amines is 1. The van der Waals surface area contributed by atoms with E-state index in [2.05, 4.69) is 25.4 Å². The second kappa shape index (κ2) is 9.37. The van der Waals surface area contributed by atoms with Crippen LogP contribution in [0.5, 0.6) is 0 Å². The molecule has 5 aromatic rings. The molecule has 1 atom stereocenters.